The number of amides is 1. The van der Waals surface area contributed by atoms with E-state index in [9.17, 15) is 4.79 Å². The minimum Gasteiger partial charge on any atom is -0.468 e. The highest BCUT2D eigenvalue weighted by atomic mass is 16.3. The summed E-state index contributed by atoms with van der Waals surface area (Å²) in [5.41, 5.74) is 0.581. The average molecular weight is 288 g/mol. The lowest BCUT2D eigenvalue weighted by atomic mass is 10.2. The number of aryl methyl sites for hydroxylation is 1. The van der Waals surface area contributed by atoms with Crippen LogP contribution in [0.4, 0.5) is 0 Å². The van der Waals surface area contributed by atoms with Gasteiger partial charge >= 0.3 is 0 Å². The molecular formula is C15H20N4O2. The third-order valence-corrected chi connectivity index (χ3v) is 3.88. The molecule has 3 rings (SSSR count). The Hall–Kier alpha value is -2.08. The van der Waals surface area contributed by atoms with E-state index in [2.05, 4.69) is 15.3 Å². The Kier molecular flexibility index (Phi) is 4.06. The molecule has 6 nitrogen and oxygen atoms in total. The average Bonchev–Trinajstić information content (AvgIpc) is 3.21. The van der Waals surface area contributed by atoms with E-state index >= 15 is 0 Å². The Morgan fingerprint density at radius 1 is 1.48 bits per heavy atom. The predicted octanol–water partition coefficient (Wildman–Crippen LogP) is 1.58. The zero-order valence-electron chi connectivity index (χ0n) is 12.2. The van der Waals surface area contributed by atoms with Crippen molar-refractivity contribution in [1.29, 1.82) is 0 Å². The van der Waals surface area contributed by atoms with E-state index in [4.69, 9.17) is 4.42 Å². The van der Waals surface area contributed by atoms with Crippen LogP contribution in [0.2, 0.25) is 0 Å². The lowest BCUT2D eigenvalue weighted by Gasteiger charge is -2.25. The van der Waals surface area contributed by atoms with Crippen molar-refractivity contribution in [3.63, 3.8) is 0 Å². The van der Waals surface area contributed by atoms with Gasteiger partial charge in [-0.2, -0.15) is 5.10 Å². The summed E-state index contributed by atoms with van der Waals surface area (Å²) in [6.45, 7) is 2.64. The number of aromatic nitrogens is 2. The zero-order chi connectivity index (χ0) is 14.7. The van der Waals surface area contributed by atoms with Crippen LogP contribution in [0.25, 0.3) is 0 Å². The van der Waals surface area contributed by atoms with Crippen LogP contribution in [0.3, 0.4) is 0 Å². The minimum absolute atomic E-state index is 0.0983. The van der Waals surface area contributed by atoms with Gasteiger partial charge in [0.1, 0.15) is 5.76 Å². The standard InChI is InChI=1S/C15H20N4O2/c1-18-11-12(9-17-18)15(20)16-10-13(14-5-4-8-21-14)19-6-2-3-7-19/h4-5,8-9,11,13H,2-3,6-7,10H2,1H3,(H,16,20)/t13-/m1/s1. The highest BCUT2D eigenvalue weighted by Crippen LogP contribution is 2.24. The molecule has 1 aliphatic heterocycles. The van der Waals surface area contributed by atoms with Crippen molar-refractivity contribution in [2.75, 3.05) is 19.6 Å². The van der Waals surface area contributed by atoms with Crippen LogP contribution in [0.15, 0.2) is 35.2 Å². The molecular weight excluding hydrogens is 268 g/mol. The lowest BCUT2D eigenvalue weighted by molar-refractivity contribution is 0.0933. The van der Waals surface area contributed by atoms with Crippen LogP contribution >= 0.6 is 0 Å². The molecule has 21 heavy (non-hydrogen) atoms. The number of likely N-dealkylation sites (tertiary alicyclic amines) is 1. The maximum atomic E-state index is 12.1. The number of nitrogens with one attached hydrogen (secondary N) is 1. The molecule has 0 aliphatic carbocycles. The Balaban J connectivity index is 1.66. The molecule has 1 aliphatic rings. The van der Waals surface area contributed by atoms with Crippen LogP contribution in [-0.2, 0) is 7.05 Å². The second kappa shape index (κ2) is 6.13. The summed E-state index contributed by atoms with van der Waals surface area (Å²) in [5.74, 6) is 0.808. The fourth-order valence-corrected chi connectivity index (χ4v) is 2.77. The normalized spacial score (nSPS) is 17.0. The van der Waals surface area contributed by atoms with E-state index in [0.717, 1.165) is 18.8 Å². The van der Waals surface area contributed by atoms with Gasteiger partial charge in [-0.3, -0.25) is 14.4 Å². The summed E-state index contributed by atoms with van der Waals surface area (Å²) in [6.07, 6.45) is 7.38. The summed E-state index contributed by atoms with van der Waals surface area (Å²) < 4.78 is 7.17. The highest BCUT2D eigenvalue weighted by Gasteiger charge is 2.26. The van der Waals surface area contributed by atoms with Gasteiger partial charge in [-0.25, -0.2) is 0 Å². The molecule has 0 radical (unpaired) electrons. The number of hydrogen-bond donors (Lipinski definition) is 1. The van der Waals surface area contributed by atoms with Crippen LogP contribution in [0.1, 0.15) is 35.0 Å². The first-order chi connectivity index (χ1) is 10.2. The summed E-state index contributed by atoms with van der Waals surface area (Å²) in [4.78, 5) is 14.5. The maximum Gasteiger partial charge on any atom is 0.254 e. The smallest absolute Gasteiger partial charge is 0.254 e. The molecule has 1 saturated heterocycles. The van der Waals surface area contributed by atoms with E-state index in [-0.39, 0.29) is 11.9 Å². The molecule has 1 N–H and O–H groups in total. The van der Waals surface area contributed by atoms with Crippen molar-refractivity contribution >= 4 is 5.91 Å². The van der Waals surface area contributed by atoms with Gasteiger partial charge in [0.2, 0.25) is 0 Å². The van der Waals surface area contributed by atoms with Gasteiger partial charge < -0.3 is 9.73 Å². The Labute approximate surface area is 123 Å². The monoisotopic (exact) mass is 288 g/mol. The van der Waals surface area contributed by atoms with Gasteiger partial charge in [0.25, 0.3) is 5.91 Å². The summed E-state index contributed by atoms with van der Waals surface area (Å²) in [6, 6.07) is 3.96. The summed E-state index contributed by atoms with van der Waals surface area (Å²) in [5, 5.41) is 7.00. The number of nitrogens with zero attached hydrogens (tertiary/aromatic N) is 3. The Morgan fingerprint density at radius 3 is 2.90 bits per heavy atom. The van der Waals surface area contributed by atoms with E-state index in [0.29, 0.717) is 12.1 Å². The maximum absolute atomic E-state index is 12.1. The van der Waals surface area contributed by atoms with Gasteiger partial charge in [0.05, 0.1) is 24.1 Å². The van der Waals surface area contributed by atoms with E-state index in [1.165, 1.54) is 12.8 Å². The molecule has 112 valence electrons. The first kappa shape index (κ1) is 13.9. The van der Waals surface area contributed by atoms with Crippen molar-refractivity contribution in [3.05, 3.63) is 42.1 Å². The first-order valence-corrected chi connectivity index (χ1v) is 7.28. The molecule has 1 fully saturated rings. The predicted molar refractivity (Wildman–Crippen MR) is 77.8 cm³/mol. The van der Waals surface area contributed by atoms with Crippen LogP contribution in [-0.4, -0.2) is 40.2 Å². The minimum atomic E-state index is -0.0983. The molecule has 1 amide bonds. The molecule has 0 saturated carbocycles. The molecule has 0 spiro atoms. The van der Waals surface area contributed by atoms with E-state index < -0.39 is 0 Å². The molecule has 0 unspecified atom stereocenters. The third kappa shape index (κ3) is 3.16. The molecule has 2 aromatic rings. The van der Waals surface area contributed by atoms with Crippen LogP contribution in [0.5, 0.6) is 0 Å². The second-order valence-corrected chi connectivity index (χ2v) is 5.39. The van der Waals surface area contributed by atoms with Crippen LogP contribution in [0, 0.1) is 0 Å². The Bertz CT molecular complexity index is 585. The molecule has 1 atom stereocenters. The molecule has 2 aromatic heterocycles. The van der Waals surface area contributed by atoms with Gasteiger partial charge in [-0.05, 0) is 38.1 Å². The number of furan rings is 1. The number of carbonyl (C=O) groups excluding carboxylic acids is 1. The lowest BCUT2D eigenvalue weighted by Crippen LogP contribution is -2.36. The fourth-order valence-electron chi connectivity index (χ4n) is 2.77. The molecule has 0 aromatic carbocycles. The quantitative estimate of drug-likeness (QED) is 0.907. The highest BCUT2D eigenvalue weighted by molar-refractivity contribution is 5.93. The van der Waals surface area contributed by atoms with Crippen molar-refractivity contribution in [2.45, 2.75) is 18.9 Å². The second-order valence-electron chi connectivity index (χ2n) is 5.39. The summed E-state index contributed by atoms with van der Waals surface area (Å²) in [7, 11) is 1.80. The molecule has 0 bridgehead atoms. The third-order valence-electron chi connectivity index (χ3n) is 3.88. The molecule has 3 heterocycles. The van der Waals surface area contributed by atoms with Gasteiger partial charge in [-0.15, -0.1) is 0 Å². The van der Waals surface area contributed by atoms with E-state index in [1.54, 1.807) is 30.4 Å². The summed E-state index contributed by atoms with van der Waals surface area (Å²) >= 11 is 0. The number of carbonyl (C=O) groups is 1. The number of hydrogen-bond acceptors (Lipinski definition) is 4. The van der Waals surface area contributed by atoms with Gasteiger partial charge in [0.15, 0.2) is 0 Å². The first-order valence-electron chi connectivity index (χ1n) is 7.28. The Morgan fingerprint density at radius 2 is 2.29 bits per heavy atom. The number of rotatable bonds is 5. The zero-order valence-corrected chi connectivity index (χ0v) is 12.2. The fraction of sp³-hybridized carbons (Fsp3) is 0.467. The molecule has 6 heteroatoms. The largest absolute Gasteiger partial charge is 0.468 e. The van der Waals surface area contributed by atoms with Crippen molar-refractivity contribution in [1.82, 2.24) is 20.0 Å². The van der Waals surface area contributed by atoms with Crippen molar-refractivity contribution < 1.29 is 9.21 Å². The van der Waals surface area contributed by atoms with Gasteiger partial charge in [-0.1, -0.05) is 0 Å². The topological polar surface area (TPSA) is 63.3 Å². The van der Waals surface area contributed by atoms with Crippen molar-refractivity contribution in [3.8, 4) is 0 Å². The van der Waals surface area contributed by atoms with Crippen molar-refractivity contribution in [2.24, 2.45) is 7.05 Å². The SMILES string of the molecule is Cn1cc(C(=O)NC[C@H](c2ccco2)N2CCCC2)cn1. The van der Waals surface area contributed by atoms with Crippen LogP contribution < -0.4 is 5.32 Å². The van der Waals surface area contributed by atoms with E-state index in [1.807, 2.05) is 12.1 Å². The van der Waals surface area contributed by atoms with Gasteiger partial charge in [0, 0.05) is 19.8 Å².